The van der Waals surface area contributed by atoms with Gasteiger partial charge in [-0.15, -0.1) is 0 Å². The van der Waals surface area contributed by atoms with Crippen LogP contribution in [0.2, 0.25) is 0 Å². The molecule has 0 N–H and O–H groups in total. The van der Waals surface area contributed by atoms with Crippen molar-refractivity contribution in [2.75, 3.05) is 6.61 Å². The van der Waals surface area contributed by atoms with Gasteiger partial charge in [0.2, 0.25) is 0 Å². The van der Waals surface area contributed by atoms with Gasteiger partial charge in [0, 0.05) is 23.7 Å². The highest BCUT2D eigenvalue weighted by Crippen LogP contribution is 2.30. The maximum absolute atomic E-state index is 12.5. The van der Waals surface area contributed by atoms with Gasteiger partial charge in [-0.2, -0.15) is 0 Å². The Morgan fingerprint density at radius 2 is 1.81 bits per heavy atom. The fourth-order valence-electron chi connectivity index (χ4n) is 3.67. The first kappa shape index (κ1) is 20.3. The van der Waals surface area contributed by atoms with Crippen molar-refractivity contribution in [1.29, 1.82) is 0 Å². The fraction of sp³-hybridized carbons (Fsp3) is 0.160. The van der Waals surface area contributed by atoms with E-state index in [2.05, 4.69) is 15.6 Å². The summed E-state index contributed by atoms with van der Waals surface area (Å²) in [4.78, 5) is 22.1. The van der Waals surface area contributed by atoms with Crippen LogP contribution in [-0.2, 0) is 5.75 Å². The minimum Gasteiger partial charge on any atom is -0.494 e. The van der Waals surface area contributed by atoms with Crippen molar-refractivity contribution in [3.63, 3.8) is 0 Å². The van der Waals surface area contributed by atoms with Crippen LogP contribution in [0, 0.1) is 6.92 Å². The number of nitrogens with zero attached hydrogens (tertiary/aromatic N) is 4. The van der Waals surface area contributed by atoms with Crippen LogP contribution < -0.4 is 10.3 Å². The lowest BCUT2D eigenvalue weighted by Gasteiger charge is -2.10. The molecule has 5 aromatic rings. The van der Waals surface area contributed by atoms with Gasteiger partial charge in [0.25, 0.3) is 5.56 Å². The molecule has 0 aliphatic heterocycles. The molecule has 0 bridgehead atoms. The summed E-state index contributed by atoms with van der Waals surface area (Å²) >= 11 is 1.57. The van der Waals surface area contributed by atoms with Crippen molar-refractivity contribution in [2.45, 2.75) is 24.8 Å². The van der Waals surface area contributed by atoms with E-state index in [0.717, 1.165) is 38.9 Å². The van der Waals surface area contributed by atoms with E-state index < -0.39 is 0 Å². The topological polar surface area (TPSA) is 61.4 Å². The molecule has 0 unspecified atom stereocenters. The lowest BCUT2D eigenvalue weighted by atomic mass is 10.2. The Bertz CT molecular complexity index is 1470. The van der Waals surface area contributed by atoms with Crippen molar-refractivity contribution < 1.29 is 4.74 Å². The SMILES string of the molecule is CCOc1ccc(-n2c(SCc3cc(=O)n4ccc(C)cc4n3)nc3ccccc32)cc1. The minimum absolute atomic E-state index is 0.0781. The van der Waals surface area contributed by atoms with Gasteiger partial charge >= 0.3 is 0 Å². The molecule has 0 spiro atoms. The zero-order valence-electron chi connectivity index (χ0n) is 17.9. The Morgan fingerprint density at radius 3 is 2.62 bits per heavy atom. The highest BCUT2D eigenvalue weighted by atomic mass is 32.2. The molecule has 3 heterocycles. The molecule has 3 aromatic heterocycles. The van der Waals surface area contributed by atoms with Gasteiger partial charge in [0.15, 0.2) is 5.16 Å². The van der Waals surface area contributed by atoms with Crippen LogP contribution in [0.4, 0.5) is 0 Å². The van der Waals surface area contributed by atoms with Gasteiger partial charge in [-0.1, -0.05) is 23.9 Å². The third kappa shape index (κ3) is 3.87. The Hall–Kier alpha value is -3.58. The summed E-state index contributed by atoms with van der Waals surface area (Å²) in [6.07, 6.45) is 1.77. The maximum Gasteiger partial charge on any atom is 0.258 e. The molecule has 0 amide bonds. The number of para-hydroxylation sites is 2. The van der Waals surface area contributed by atoms with Crippen molar-refractivity contribution in [3.8, 4) is 11.4 Å². The number of fused-ring (bicyclic) bond motifs is 2. The highest BCUT2D eigenvalue weighted by molar-refractivity contribution is 7.98. The van der Waals surface area contributed by atoms with Crippen molar-refractivity contribution >= 4 is 28.4 Å². The van der Waals surface area contributed by atoms with Crippen LogP contribution in [-0.4, -0.2) is 25.5 Å². The predicted octanol–water partition coefficient (Wildman–Crippen LogP) is 5.03. The molecule has 5 rings (SSSR count). The van der Waals surface area contributed by atoms with Crippen LogP contribution in [0.25, 0.3) is 22.4 Å². The van der Waals surface area contributed by atoms with Crippen LogP contribution >= 0.6 is 11.8 Å². The fourth-order valence-corrected chi connectivity index (χ4v) is 4.60. The van der Waals surface area contributed by atoms with Gasteiger partial charge in [-0.05, 0) is 67.9 Å². The second-order valence-electron chi connectivity index (χ2n) is 7.45. The number of imidazole rings is 1. The quantitative estimate of drug-likeness (QED) is 0.345. The molecule has 0 aliphatic rings. The number of rotatable bonds is 6. The average molecular weight is 443 g/mol. The number of thioether (sulfide) groups is 1. The van der Waals surface area contributed by atoms with Crippen molar-refractivity contribution in [2.24, 2.45) is 0 Å². The number of hydrogen-bond donors (Lipinski definition) is 0. The van der Waals surface area contributed by atoms with Gasteiger partial charge in [-0.3, -0.25) is 13.8 Å². The molecule has 2 aromatic carbocycles. The number of aromatic nitrogens is 4. The standard InChI is InChI=1S/C25H22N4O2S/c1-3-31-20-10-8-19(9-11-20)29-22-7-5-4-6-21(22)27-25(29)32-16-18-15-24(30)28-13-12-17(2)14-23(28)26-18/h4-15H,3,16H2,1-2H3. The first-order chi connectivity index (χ1) is 15.6. The first-order valence-corrected chi connectivity index (χ1v) is 11.4. The molecule has 160 valence electrons. The van der Waals surface area contributed by atoms with Crippen LogP contribution in [0.5, 0.6) is 5.75 Å². The van der Waals surface area contributed by atoms with Crippen molar-refractivity contribution in [3.05, 3.63) is 94.5 Å². The summed E-state index contributed by atoms with van der Waals surface area (Å²) in [5.41, 5.74) is 5.34. The van der Waals surface area contributed by atoms with Crippen LogP contribution in [0.15, 0.2) is 82.9 Å². The van der Waals surface area contributed by atoms with Gasteiger partial charge < -0.3 is 4.74 Å². The molecule has 0 radical (unpaired) electrons. The van der Waals surface area contributed by atoms with Crippen molar-refractivity contribution in [1.82, 2.24) is 18.9 Å². The Morgan fingerprint density at radius 1 is 1.00 bits per heavy atom. The number of hydrogen-bond acceptors (Lipinski definition) is 5. The largest absolute Gasteiger partial charge is 0.494 e. The summed E-state index contributed by atoms with van der Waals surface area (Å²) in [5, 5.41) is 0.849. The Kier molecular flexibility index (Phi) is 5.41. The first-order valence-electron chi connectivity index (χ1n) is 10.4. The summed E-state index contributed by atoms with van der Waals surface area (Å²) < 4.78 is 9.28. The van der Waals surface area contributed by atoms with E-state index in [1.165, 1.54) is 0 Å². The van der Waals surface area contributed by atoms with Gasteiger partial charge in [-0.25, -0.2) is 9.97 Å². The molecular weight excluding hydrogens is 420 g/mol. The molecule has 7 heteroatoms. The molecule has 0 saturated carbocycles. The molecular formula is C25H22N4O2S. The highest BCUT2D eigenvalue weighted by Gasteiger charge is 2.14. The number of benzene rings is 2. The normalized spacial score (nSPS) is 11.3. The minimum atomic E-state index is -0.0781. The monoisotopic (exact) mass is 442 g/mol. The molecule has 6 nitrogen and oxygen atoms in total. The smallest absolute Gasteiger partial charge is 0.258 e. The van der Waals surface area contributed by atoms with Gasteiger partial charge in [0.1, 0.15) is 11.4 Å². The van der Waals surface area contributed by atoms with Gasteiger partial charge in [0.05, 0.1) is 23.3 Å². The predicted molar refractivity (Wildman–Crippen MR) is 128 cm³/mol. The van der Waals surface area contributed by atoms with E-state index in [1.807, 2.05) is 68.4 Å². The van der Waals surface area contributed by atoms with E-state index in [-0.39, 0.29) is 5.56 Å². The summed E-state index contributed by atoms with van der Waals surface area (Å²) in [6, 6.07) is 21.5. The molecule has 0 atom stereocenters. The van der Waals surface area contributed by atoms with E-state index in [9.17, 15) is 4.79 Å². The zero-order chi connectivity index (χ0) is 22.1. The number of aryl methyl sites for hydroxylation is 1. The average Bonchev–Trinajstić information content (AvgIpc) is 3.16. The lowest BCUT2D eigenvalue weighted by molar-refractivity contribution is 0.340. The summed E-state index contributed by atoms with van der Waals surface area (Å²) in [6.45, 7) is 4.60. The Labute approximate surface area is 189 Å². The Balaban J connectivity index is 1.51. The number of ether oxygens (including phenoxy) is 1. The van der Waals surface area contributed by atoms with E-state index in [0.29, 0.717) is 18.0 Å². The van der Waals surface area contributed by atoms with Crippen LogP contribution in [0.1, 0.15) is 18.2 Å². The second-order valence-corrected chi connectivity index (χ2v) is 8.39. The lowest BCUT2D eigenvalue weighted by Crippen LogP contribution is -2.15. The maximum atomic E-state index is 12.5. The molecule has 0 aliphatic carbocycles. The summed E-state index contributed by atoms with van der Waals surface area (Å²) in [5.74, 6) is 1.38. The molecule has 0 saturated heterocycles. The number of pyridine rings is 1. The van der Waals surface area contributed by atoms with E-state index in [1.54, 1.807) is 28.4 Å². The van der Waals surface area contributed by atoms with Crippen LogP contribution in [0.3, 0.4) is 0 Å². The third-order valence-corrected chi connectivity index (χ3v) is 6.13. The summed E-state index contributed by atoms with van der Waals surface area (Å²) in [7, 11) is 0. The second kappa shape index (κ2) is 8.51. The van der Waals surface area contributed by atoms with E-state index >= 15 is 0 Å². The third-order valence-electron chi connectivity index (χ3n) is 5.16. The molecule has 32 heavy (non-hydrogen) atoms. The van der Waals surface area contributed by atoms with E-state index in [4.69, 9.17) is 9.72 Å². The molecule has 0 fully saturated rings. The zero-order valence-corrected chi connectivity index (χ0v) is 18.7.